The van der Waals surface area contributed by atoms with Gasteiger partial charge >= 0.3 is 5.97 Å². The Hall–Kier alpha value is -0.353. The van der Waals surface area contributed by atoms with Crippen LogP contribution in [0.5, 0.6) is 0 Å². The standard InChI is InChI=1S/C15H30O3Si/c1-15(2,14(16)17-3)13(18-19(4,5)6)12-10-8-7-9-11-12/h12-13H,7-11H2,1-6H3. The third-order valence-corrected chi connectivity index (χ3v) is 4.94. The van der Waals surface area contributed by atoms with Crippen LogP contribution in [-0.4, -0.2) is 27.5 Å². The monoisotopic (exact) mass is 286 g/mol. The van der Waals surface area contributed by atoms with Crippen molar-refractivity contribution in [1.29, 1.82) is 0 Å². The third kappa shape index (κ3) is 4.60. The lowest BCUT2D eigenvalue weighted by Crippen LogP contribution is -2.49. The largest absolute Gasteiger partial charge is 0.469 e. The normalized spacial score (nSPS) is 20.1. The summed E-state index contributed by atoms with van der Waals surface area (Å²) < 4.78 is 11.4. The van der Waals surface area contributed by atoms with Gasteiger partial charge in [-0.25, -0.2) is 0 Å². The third-order valence-electron chi connectivity index (χ3n) is 3.98. The summed E-state index contributed by atoms with van der Waals surface area (Å²) in [5, 5.41) is 0. The fourth-order valence-corrected chi connectivity index (χ4v) is 4.28. The molecule has 0 aromatic heterocycles. The summed E-state index contributed by atoms with van der Waals surface area (Å²) in [5.41, 5.74) is -0.558. The molecule has 1 atom stereocenters. The molecule has 1 aliphatic carbocycles. The topological polar surface area (TPSA) is 35.5 Å². The summed E-state index contributed by atoms with van der Waals surface area (Å²) in [6, 6.07) is 0. The molecule has 1 aliphatic rings. The summed E-state index contributed by atoms with van der Waals surface area (Å²) in [6.45, 7) is 10.5. The average Bonchev–Trinajstić information content (AvgIpc) is 2.34. The van der Waals surface area contributed by atoms with Gasteiger partial charge in [0.05, 0.1) is 18.6 Å². The van der Waals surface area contributed by atoms with E-state index in [0.29, 0.717) is 5.92 Å². The Morgan fingerprint density at radius 3 is 2.11 bits per heavy atom. The fourth-order valence-electron chi connectivity index (χ4n) is 3.03. The summed E-state index contributed by atoms with van der Waals surface area (Å²) in [6.07, 6.45) is 6.17. The zero-order valence-corrected chi connectivity index (χ0v) is 14.4. The van der Waals surface area contributed by atoms with E-state index in [1.54, 1.807) is 0 Å². The van der Waals surface area contributed by atoms with Crippen LogP contribution in [0.1, 0.15) is 46.0 Å². The second-order valence-electron chi connectivity index (χ2n) is 7.26. The number of hydrogen-bond acceptors (Lipinski definition) is 3. The van der Waals surface area contributed by atoms with Crippen molar-refractivity contribution >= 4 is 14.3 Å². The molecule has 0 heterocycles. The van der Waals surface area contributed by atoms with Crippen molar-refractivity contribution in [1.82, 2.24) is 0 Å². The first-order valence-electron chi connectivity index (χ1n) is 7.44. The highest BCUT2D eigenvalue weighted by Crippen LogP contribution is 2.39. The zero-order valence-electron chi connectivity index (χ0n) is 13.4. The predicted molar refractivity (Wildman–Crippen MR) is 80.6 cm³/mol. The minimum atomic E-state index is -1.68. The molecule has 0 aliphatic heterocycles. The zero-order chi connectivity index (χ0) is 14.7. The van der Waals surface area contributed by atoms with E-state index in [2.05, 4.69) is 19.6 Å². The lowest BCUT2D eigenvalue weighted by Gasteiger charge is -2.42. The van der Waals surface area contributed by atoms with E-state index in [1.165, 1.54) is 39.2 Å². The van der Waals surface area contributed by atoms with E-state index < -0.39 is 13.7 Å². The second-order valence-corrected chi connectivity index (χ2v) is 11.7. The van der Waals surface area contributed by atoms with Gasteiger partial charge in [0.15, 0.2) is 8.32 Å². The summed E-state index contributed by atoms with van der Waals surface area (Å²) in [5.74, 6) is 0.343. The number of rotatable bonds is 5. The Morgan fingerprint density at radius 1 is 1.16 bits per heavy atom. The lowest BCUT2D eigenvalue weighted by molar-refractivity contribution is -0.159. The van der Waals surface area contributed by atoms with Crippen molar-refractivity contribution in [3.63, 3.8) is 0 Å². The van der Waals surface area contributed by atoms with Crippen LogP contribution in [0.2, 0.25) is 19.6 Å². The first-order valence-corrected chi connectivity index (χ1v) is 10.9. The van der Waals surface area contributed by atoms with Gasteiger partial charge in [0, 0.05) is 0 Å². The molecule has 0 N–H and O–H groups in total. The van der Waals surface area contributed by atoms with Crippen LogP contribution >= 0.6 is 0 Å². The maximum Gasteiger partial charge on any atom is 0.313 e. The number of ether oxygens (including phenoxy) is 1. The molecule has 1 fully saturated rings. The van der Waals surface area contributed by atoms with E-state index in [9.17, 15) is 4.79 Å². The first kappa shape index (κ1) is 16.7. The molecule has 0 amide bonds. The van der Waals surface area contributed by atoms with Crippen molar-refractivity contribution in [3.8, 4) is 0 Å². The Morgan fingerprint density at radius 2 is 1.68 bits per heavy atom. The van der Waals surface area contributed by atoms with Gasteiger partial charge < -0.3 is 9.16 Å². The van der Waals surface area contributed by atoms with Crippen molar-refractivity contribution in [2.45, 2.75) is 71.7 Å². The molecular formula is C15H30O3Si. The number of hydrogen-bond donors (Lipinski definition) is 0. The maximum absolute atomic E-state index is 12.1. The highest BCUT2D eigenvalue weighted by Gasteiger charge is 2.45. The summed E-state index contributed by atoms with van der Waals surface area (Å²) in [7, 11) is -0.212. The van der Waals surface area contributed by atoms with E-state index >= 15 is 0 Å². The molecular weight excluding hydrogens is 256 g/mol. The van der Waals surface area contributed by atoms with Crippen LogP contribution in [0, 0.1) is 11.3 Å². The van der Waals surface area contributed by atoms with E-state index in [4.69, 9.17) is 9.16 Å². The average molecular weight is 286 g/mol. The molecule has 1 saturated carbocycles. The molecule has 1 rings (SSSR count). The Bertz CT molecular complexity index is 301. The van der Waals surface area contributed by atoms with Crippen LogP contribution in [0.25, 0.3) is 0 Å². The van der Waals surface area contributed by atoms with Crippen molar-refractivity contribution in [2.75, 3.05) is 7.11 Å². The molecule has 0 saturated heterocycles. The lowest BCUT2D eigenvalue weighted by atomic mass is 9.74. The number of methoxy groups -OCH3 is 1. The molecule has 19 heavy (non-hydrogen) atoms. The van der Waals surface area contributed by atoms with Gasteiger partial charge in [-0.1, -0.05) is 19.3 Å². The summed E-state index contributed by atoms with van der Waals surface area (Å²) in [4.78, 5) is 12.1. The molecule has 1 unspecified atom stereocenters. The maximum atomic E-state index is 12.1. The SMILES string of the molecule is COC(=O)C(C)(C)C(O[Si](C)(C)C)C1CCCCC1. The minimum absolute atomic E-state index is 0.00748. The highest BCUT2D eigenvalue weighted by molar-refractivity contribution is 6.69. The molecule has 0 aromatic carbocycles. The second kappa shape index (κ2) is 6.40. The number of esters is 1. The molecule has 0 aromatic rings. The number of carbonyl (C=O) groups is 1. The smallest absolute Gasteiger partial charge is 0.313 e. The Labute approximate surface area is 119 Å². The van der Waals surface area contributed by atoms with Crippen molar-refractivity contribution in [2.24, 2.45) is 11.3 Å². The van der Waals surface area contributed by atoms with Crippen molar-refractivity contribution in [3.05, 3.63) is 0 Å². The van der Waals surface area contributed by atoms with E-state index in [-0.39, 0.29) is 12.1 Å². The summed E-state index contributed by atoms with van der Waals surface area (Å²) >= 11 is 0. The molecule has 0 spiro atoms. The van der Waals surface area contributed by atoms with Crippen molar-refractivity contribution < 1.29 is 14.0 Å². The van der Waals surface area contributed by atoms with E-state index in [1.807, 2.05) is 13.8 Å². The van der Waals surface area contributed by atoms with Gasteiger partial charge in [0.2, 0.25) is 0 Å². The first-order chi connectivity index (χ1) is 8.68. The van der Waals surface area contributed by atoms with Gasteiger partial charge in [-0.2, -0.15) is 0 Å². The molecule has 3 nitrogen and oxygen atoms in total. The van der Waals surface area contributed by atoms with Gasteiger partial charge in [-0.05, 0) is 52.2 Å². The van der Waals surface area contributed by atoms with E-state index in [0.717, 1.165) is 0 Å². The van der Waals surface area contributed by atoms with Crippen LogP contribution in [-0.2, 0) is 14.0 Å². The minimum Gasteiger partial charge on any atom is -0.469 e. The van der Waals surface area contributed by atoms with Crippen LogP contribution < -0.4 is 0 Å². The van der Waals surface area contributed by atoms with Crippen LogP contribution in [0.3, 0.4) is 0 Å². The van der Waals surface area contributed by atoms with Gasteiger partial charge in [-0.15, -0.1) is 0 Å². The van der Waals surface area contributed by atoms with Crippen LogP contribution in [0.15, 0.2) is 0 Å². The molecule has 112 valence electrons. The van der Waals surface area contributed by atoms with Gasteiger partial charge in [0.1, 0.15) is 0 Å². The Balaban J connectivity index is 2.93. The predicted octanol–water partition coefficient (Wildman–Crippen LogP) is 3.99. The quantitative estimate of drug-likeness (QED) is 0.566. The van der Waals surface area contributed by atoms with Gasteiger partial charge in [-0.3, -0.25) is 4.79 Å². The Kier molecular flexibility index (Phi) is 5.62. The fraction of sp³-hybridized carbons (Fsp3) is 0.933. The van der Waals surface area contributed by atoms with Crippen LogP contribution in [0.4, 0.5) is 0 Å². The molecule has 0 bridgehead atoms. The number of carbonyl (C=O) groups excluding carboxylic acids is 1. The van der Waals surface area contributed by atoms with Gasteiger partial charge in [0.25, 0.3) is 0 Å². The molecule has 4 heteroatoms. The molecule has 0 radical (unpaired) electrons. The highest BCUT2D eigenvalue weighted by atomic mass is 28.4.